The third kappa shape index (κ3) is 6.65. The van der Waals surface area contributed by atoms with Gasteiger partial charge in [-0.15, -0.1) is 0 Å². The molecular weight excluding hydrogens is 243 g/mol. The standard InChI is InChI=1S/C7H15O6PS/c1-4-12-14(9)5-7(13-6(2)8)15(3,10)11/h7,14H,4-5H2,1-3H3. The van der Waals surface area contributed by atoms with Gasteiger partial charge in [0.25, 0.3) is 0 Å². The number of carbonyl (C=O) groups excluding carboxylic acids is 1. The van der Waals surface area contributed by atoms with Crippen LogP contribution in [-0.4, -0.2) is 38.8 Å². The number of rotatable bonds is 6. The number of carbonyl (C=O) groups is 1. The molecule has 90 valence electrons. The van der Waals surface area contributed by atoms with E-state index >= 15 is 0 Å². The lowest BCUT2D eigenvalue weighted by Crippen LogP contribution is -2.28. The molecule has 0 fully saturated rings. The Kier molecular flexibility index (Phi) is 6.09. The summed E-state index contributed by atoms with van der Waals surface area (Å²) in [6, 6.07) is 0. The monoisotopic (exact) mass is 258 g/mol. The molecule has 0 spiro atoms. The number of sulfone groups is 1. The number of hydrogen-bond acceptors (Lipinski definition) is 6. The van der Waals surface area contributed by atoms with Gasteiger partial charge in [-0.3, -0.25) is 9.36 Å². The van der Waals surface area contributed by atoms with Crippen molar-refractivity contribution in [1.29, 1.82) is 0 Å². The first kappa shape index (κ1) is 14.6. The van der Waals surface area contributed by atoms with Gasteiger partial charge < -0.3 is 9.26 Å². The maximum Gasteiger partial charge on any atom is 0.303 e. The molecule has 0 aliphatic carbocycles. The highest BCUT2D eigenvalue weighted by atomic mass is 32.2. The zero-order valence-electron chi connectivity index (χ0n) is 8.85. The van der Waals surface area contributed by atoms with E-state index in [0.29, 0.717) is 0 Å². The normalized spacial score (nSPS) is 15.7. The van der Waals surface area contributed by atoms with E-state index in [1.54, 1.807) is 6.92 Å². The molecule has 0 aromatic carbocycles. The summed E-state index contributed by atoms with van der Waals surface area (Å²) in [6.45, 7) is 2.97. The summed E-state index contributed by atoms with van der Waals surface area (Å²) in [5.74, 6) is -0.725. The molecule has 0 aromatic rings. The van der Waals surface area contributed by atoms with Crippen molar-refractivity contribution >= 4 is 23.8 Å². The van der Waals surface area contributed by atoms with Crippen LogP contribution in [0.2, 0.25) is 0 Å². The second kappa shape index (κ2) is 6.25. The van der Waals surface area contributed by atoms with Crippen LogP contribution >= 0.6 is 8.03 Å². The van der Waals surface area contributed by atoms with Crippen molar-refractivity contribution in [2.24, 2.45) is 0 Å². The van der Waals surface area contributed by atoms with Gasteiger partial charge in [-0.25, -0.2) is 8.42 Å². The Bertz CT molecular complexity index is 335. The van der Waals surface area contributed by atoms with E-state index in [2.05, 4.69) is 4.74 Å². The van der Waals surface area contributed by atoms with Crippen LogP contribution < -0.4 is 0 Å². The summed E-state index contributed by atoms with van der Waals surface area (Å²) in [7, 11) is -6.04. The van der Waals surface area contributed by atoms with Gasteiger partial charge in [-0.2, -0.15) is 0 Å². The summed E-state index contributed by atoms with van der Waals surface area (Å²) in [6.07, 6.45) is 0.624. The average molecular weight is 258 g/mol. The van der Waals surface area contributed by atoms with Gasteiger partial charge >= 0.3 is 5.97 Å². The highest BCUT2D eigenvalue weighted by molar-refractivity contribution is 7.91. The molecule has 0 saturated heterocycles. The molecule has 0 amide bonds. The lowest BCUT2D eigenvalue weighted by molar-refractivity contribution is -0.142. The third-order valence-electron chi connectivity index (χ3n) is 1.41. The first-order chi connectivity index (χ1) is 6.77. The van der Waals surface area contributed by atoms with Crippen molar-refractivity contribution in [3.05, 3.63) is 0 Å². The Morgan fingerprint density at radius 3 is 2.33 bits per heavy atom. The van der Waals surface area contributed by atoms with Crippen molar-refractivity contribution in [1.82, 2.24) is 0 Å². The SMILES string of the molecule is CCO[PH](=O)CC(OC(C)=O)S(C)(=O)=O. The minimum absolute atomic E-state index is 0.231. The largest absolute Gasteiger partial charge is 0.446 e. The van der Waals surface area contributed by atoms with E-state index in [0.717, 1.165) is 13.2 Å². The lowest BCUT2D eigenvalue weighted by Gasteiger charge is -2.14. The number of hydrogen-bond donors (Lipinski definition) is 0. The van der Waals surface area contributed by atoms with Gasteiger partial charge in [0, 0.05) is 13.2 Å². The van der Waals surface area contributed by atoms with Crippen LogP contribution in [0.25, 0.3) is 0 Å². The summed E-state index contributed by atoms with van der Waals surface area (Å²) >= 11 is 0. The first-order valence-corrected chi connectivity index (χ1v) is 7.77. The molecule has 0 heterocycles. The predicted octanol–water partition coefficient (Wildman–Crippen LogP) is 0.431. The summed E-state index contributed by atoms with van der Waals surface area (Å²) < 4.78 is 42.8. The van der Waals surface area contributed by atoms with Gasteiger partial charge in [0.05, 0.1) is 12.8 Å². The van der Waals surface area contributed by atoms with E-state index in [-0.39, 0.29) is 12.8 Å². The third-order valence-corrected chi connectivity index (χ3v) is 4.24. The molecule has 2 unspecified atom stereocenters. The lowest BCUT2D eigenvalue weighted by atomic mass is 10.7. The zero-order valence-corrected chi connectivity index (χ0v) is 10.7. The Labute approximate surface area is 89.7 Å². The fourth-order valence-electron chi connectivity index (χ4n) is 0.822. The van der Waals surface area contributed by atoms with Crippen LogP contribution in [0.1, 0.15) is 13.8 Å². The van der Waals surface area contributed by atoms with E-state index in [9.17, 15) is 17.8 Å². The fourth-order valence-corrected chi connectivity index (χ4v) is 3.55. The van der Waals surface area contributed by atoms with Crippen LogP contribution in [0.4, 0.5) is 0 Å². The fraction of sp³-hybridized carbons (Fsp3) is 0.857. The Balaban J connectivity index is 4.53. The molecule has 0 aromatic heterocycles. The van der Waals surface area contributed by atoms with Crippen molar-refractivity contribution in [2.45, 2.75) is 19.3 Å². The molecule has 0 N–H and O–H groups in total. The minimum atomic E-state index is -3.57. The molecular formula is C7H15O6PS. The van der Waals surface area contributed by atoms with Gasteiger partial charge in [-0.05, 0) is 6.92 Å². The molecule has 0 radical (unpaired) electrons. The van der Waals surface area contributed by atoms with E-state index in [1.807, 2.05) is 0 Å². The van der Waals surface area contributed by atoms with Gasteiger partial charge in [0.1, 0.15) is 0 Å². The first-order valence-electron chi connectivity index (χ1n) is 4.29. The van der Waals surface area contributed by atoms with E-state index in [4.69, 9.17) is 4.52 Å². The average Bonchev–Trinajstić information content (AvgIpc) is 2.00. The zero-order chi connectivity index (χ0) is 12.1. The maximum absolute atomic E-state index is 11.2. The van der Waals surface area contributed by atoms with Crippen LogP contribution in [0.5, 0.6) is 0 Å². The smallest absolute Gasteiger partial charge is 0.303 e. The Hall–Kier alpha value is -0.390. The molecule has 0 rings (SSSR count). The highest BCUT2D eigenvalue weighted by Gasteiger charge is 2.26. The van der Waals surface area contributed by atoms with Gasteiger partial charge in [-0.1, -0.05) is 0 Å². The van der Waals surface area contributed by atoms with Crippen LogP contribution in [0.3, 0.4) is 0 Å². The van der Waals surface area contributed by atoms with E-state index < -0.39 is 29.3 Å². The van der Waals surface area contributed by atoms with Gasteiger partial charge in [0.2, 0.25) is 5.44 Å². The second-order valence-electron chi connectivity index (χ2n) is 2.88. The Morgan fingerprint density at radius 1 is 1.47 bits per heavy atom. The van der Waals surface area contributed by atoms with Crippen molar-refractivity contribution in [3.8, 4) is 0 Å². The molecule has 2 atom stereocenters. The minimum Gasteiger partial charge on any atom is -0.446 e. The Morgan fingerprint density at radius 2 is 2.00 bits per heavy atom. The van der Waals surface area contributed by atoms with E-state index in [1.165, 1.54) is 0 Å². The summed E-state index contributed by atoms with van der Waals surface area (Å²) in [4.78, 5) is 10.6. The molecule has 0 saturated carbocycles. The molecule has 8 heteroatoms. The van der Waals surface area contributed by atoms with Crippen LogP contribution in [-0.2, 0) is 28.5 Å². The number of esters is 1. The predicted molar refractivity (Wildman–Crippen MR) is 55.9 cm³/mol. The van der Waals surface area contributed by atoms with Crippen LogP contribution in [0, 0.1) is 0 Å². The number of ether oxygens (including phenoxy) is 1. The maximum atomic E-state index is 11.2. The van der Waals surface area contributed by atoms with Gasteiger partial charge in [0.15, 0.2) is 17.9 Å². The quantitative estimate of drug-likeness (QED) is 0.507. The molecule has 0 bridgehead atoms. The highest BCUT2D eigenvalue weighted by Crippen LogP contribution is 2.25. The van der Waals surface area contributed by atoms with Crippen molar-refractivity contribution in [3.63, 3.8) is 0 Å². The summed E-state index contributed by atoms with van der Waals surface area (Å²) in [5, 5.41) is 0. The van der Waals surface area contributed by atoms with Crippen molar-refractivity contribution < 1.29 is 27.0 Å². The van der Waals surface area contributed by atoms with Crippen LogP contribution in [0.15, 0.2) is 0 Å². The molecule has 15 heavy (non-hydrogen) atoms. The topological polar surface area (TPSA) is 86.7 Å². The van der Waals surface area contributed by atoms with Crippen molar-refractivity contribution in [2.75, 3.05) is 19.0 Å². The molecule has 0 aliphatic heterocycles. The second-order valence-corrected chi connectivity index (χ2v) is 6.50. The molecule has 0 aliphatic rings. The molecule has 6 nitrogen and oxygen atoms in total. The summed E-state index contributed by atoms with van der Waals surface area (Å²) in [5.41, 5.74) is -1.38.